The molecule has 2 aromatic carbocycles. The molecule has 0 aliphatic heterocycles. The van der Waals surface area contributed by atoms with Gasteiger partial charge in [0.25, 0.3) is 0 Å². The highest BCUT2D eigenvalue weighted by Gasteiger charge is 2.26. The molecular formula is C22H18FNO4S. The fraction of sp³-hybridized carbons (Fsp3) is 0.0909. The van der Waals surface area contributed by atoms with Gasteiger partial charge in [0.2, 0.25) is 9.84 Å². The average Bonchev–Trinajstić information content (AvgIpc) is 2.74. The summed E-state index contributed by atoms with van der Waals surface area (Å²) < 4.78 is 43.8. The van der Waals surface area contributed by atoms with Gasteiger partial charge in [-0.15, -0.1) is 0 Å². The third-order valence-electron chi connectivity index (χ3n) is 4.05. The van der Waals surface area contributed by atoms with Crippen LogP contribution < -0.4 is 0 Å². The number of nitrogens with zero attached hydrogens (tertiary/aromatic N) is 1. The Hall–Kier alpha value is -3.32. The van der Waals surface area contributed by atoms with Crippen LogP contribution in [0, 0.1) is 5.82 Å². The second-order valence-electron chi connectivity index (χ2n) is 6.03. The first-order valence-corrected chi connectivity index (χ1v) is 10.3. The van der Waals surface area contributed by atoms with E-state index < -0.39 is 15.8 Å². The number of carbonyl (C=O) groups is 1. The van der Waals surface area contributed by atoms with E-state index in [9.17, 15) is 17.6 Å². The third kappa shape index (κ3) is 4.75. The summed E-state index contributed by atoms with van der Waals surface area (Å²) in [5.41, 5.74) is 1.48. The number of pyridine rings is 1. The molecule has 0 bridgehead atoms. The Labute approximate surface area is 168 Å². The number of esters is 1. The minimum Gasteiger partial charge on any atom is -0.462 e. The van der Waals surface area contributed by atoms with Crippen molar-refractivity contribution >= 4 is 28.0 Å². The van der Waals surface area contributed by atoms with Gasteiger partial charge < -0.3 is 4.74 Å². The molecular weight excluding hydrogens is 393 g/mol. The molecule has 5 nitrogen and oxygen atoms in total. The summed E-state index contributed by atoms with van der Waals surface area (Å²) in [4.78, 5) is 16.0. The Morgan fingerprint density at radius 3 is 2.17 bits per heavy atom. The second kappa shape index (κ2) is 8.79. The second-order valence-corrected chi connectivity index (χ2v) is 7.90. The normalized spacial score (nSPS) is 11.5. The smallest absolute Gasteiger partial charge is 0.341 e. The van der Waals surface area contributed by atoms with E-state index >= 15 is 0 Å². The van der Waals surface area contributed by atoms with Crippen molar-refractivity contribution in [3.05, 3.63) is 89.4 Å². The number of sulfone groups is 1. The van der Waals surface area contributed by atoms with Crippen molar-refractivity contribution in [3.63, 3.8) is 0 Å². The molecule has 0 N–H and O–H groups in total. The Bertz CT molecular complexity index is 1140. The number of hydrogen-bond donors (Lipinski definition) is 0. The molecule has 0 amide bonds. The van der Waals surface area contributed by atoms with Gasteiger partial charge >= 0.3 is 5.97 Å². The van der Waals surface area contributed by atoms with Crippen molar-refractivity contribution in [2.75, 3.05) is 6.61 Å². The Balaban J connectivity index is 1.87. The minimum absolute atomic E-state index is 0.0145. The SMILES string of the molecule is CCOC(=O)c1cccnc1S(=O)(=O)c1ccc(C=Cc2ccc(F)cc2)cc1. The first-order valence-electron chi connectivity index (χ1n) is 8.83. The van der Waals surface area contributed by atoms with Gasteiger partial charge in [-0.05, 0) is 54.4 Å². The van der Waals surface area contributed by atoms with Crippen LogP contribution in [0.4, 0.5) is 4.39 Å². The fourth-order valence-electron chi connectivity index (χ4n) is 2.61. The van der Waals surface area contributed by atoms with E-state index in [4.69, 9.17) is 4.74 Å². The van der Waals surface area contributed by atoms with Crippen molar-refractivity contribution in [2.45, 2.75) is 16.8 Å². The molecule has 3 rings (SSSR count). The molecule has 7 heteroatoms. The molecule has 0 saturated heterocycles. The molecule has 0 atom stereocenters. The highest BCUT2D eigenvalue weighted by Crippen LogP contribution is 2.23. The van der Waals surface area contributed by atoms with Gasteiger partial charge in [0.05, 0.1) is 17.1 Å². The molecule has 3 aromatic rings. The van der Waals surface area contributed by atoms with Crippen LogP contribution >= 0.6 is 0 Å². The molecule has 0 saturated carbocycles. The first-order chi connectivity index (χ1) is 13.9. The lowest BCUT2D eigenvalue weighted by molar-refractivity contribution is 0.0521. The van der Waals surface area contributed by atoms with Crippen molar-refractivity contribution in [1.29, 1.82) is 0 Å². The Kier molecular flexibility index (Phi) is 6.19. The number of aromatic nitrogens is 1. The molecule has 0 spiro atoms. The lowest BCUT2D eigenvalue weighted by Crippen LogP contribution is -2.14. The zero-order chi connectivity index (χ0) is 20.9. The van der Waals surface area contributed by atoms with E-state index in [-0.39, 0.29) is 27.9 Å². The van der Waals surface area contributed by atoms with Crippen molar-refractivity contribution in [3.8, 4) is 0 Å². The highest BCUT2D eigenvalue weighted by atomic mass is 32.2. The molecule has 0 aliphatic carbocycles. The molecule has 0 fully saturated rings. The predicted molar refractivity (Wildman–Crippen MR) is 107 cm³/mol. The van der Waals surface area contributed by atoms with Gasteiger partial charge in [-0.1, -0.05) is 36.4 Å². The van der Waals surface area contributed by atoms with E-state index in [0.29, 0.717) is 0 Å². The number of ether oxygens (including phenoxy) is 1. The lowest BCUT2D eigenvalue weighted by Gasteiger charge is -2.09. The number of carbonyl (C=O) groups excluding carboxylic acids is 1. The van der Waals surface area contributed by atoms with Crippen molar-refractivity contribution in [1.82, 2.24) is 4.98 Å². The molecule has 148 valence electrons. The maximum Gasteiger partial charge on any atom is 0.341 e. The standard InChI is InChI=1S/C22H18FNO4S/c1-2-28-22(25)20-4-3-15-24-21(20)29(26,27)19-13-9-17(10-14-19)6-5-16-7-11-18(23)12-8-16/h3-15H,2H2,1H3. The molecule has 0 radical (unpaired) electrons. The summed E-state index contributed by atoms with van der Waals surface area (Å²) >= 11 is 0. The van der Waals surface area contributed by atoms with Gasteiger partial charge in [0.15, 0.2) is 5.03 Å². The number of hydrogen-bond acceptors (Lipinski definition) is 5. The van der Waals surface area contributed by atoms with Crippen LogP contribution in [-0.4, -0.2) is 26.0 Å². The summed E-state index contributed by atoms with van der Waals surface area (Å²) in [7, 11) is -4.00. The third-order valence-corrected chi connectivity index (χ3v) is 5.78. The van der Waals surface area contributed by atoms with E-state index in [0.717, 1.165) is 11.1 Å². The number of benzene rings is 2. The topological polar surface area (TPSA) is 73.3 Å². The van der Waals surface area contributed by atoms with E-state index in [1.807, 2.05) is 0 Å². The predicted octanol–water partition coefficient (Wildman–Crippen LogP) is 4.40. The van der Waals surface area contributed by atoms with Gasteiger partial charge in [-0.3, -0.25) is 0 Å². The number of rotatable bonds is 6. The van der Waals surface area contributed by atoms with E-state index in [1.54, 1.807) is 43.3 Å². The highest BCUT2D eigenvalue weighted by molar-refractivity contribution is 7.91. The largest absolute Gasteiger partial charge is 0.462 e. The van der Waals surface area contributed by atoms with Crippen LogP contribution in [0.1, 0.15) is 28.4 Å². The van der Waals surface area contributed by atoms with Gasteiger partial charge in [-0.25, -0.2) is 22.6 Å². The zero-order valence-electron chi connectivity index (χ0n) is 15.6. The average molecular weight is 411 g/mol. The Morgan fingerprint density at radius 1 is 1.00 bits per heavy atom. The van der Waals surface area contributed by atoms with E-state index in [1.165, 1.54) is 42.6 Å². The summed E-state index contributed by atoms with van der Waals surface area (Å²) in [6, 6.07) is 15.0. The Morgan fingerprint density at radius 2 is 1.59 bits per heavy atom. The van der Waals surface area contributed by atoms with Crippen LogP contribution in [0.5, 0.6) is 0 Å². The maximum absolute atomic E-state index is 13.0. The minimum atomic E-state index is -4.00. The molecule has 29 heavy (non-hydrogen) atoms. The monoisotopic (exact) mass is 411 g/mol. The summed E-state index contributed by atoms with van der Waals surface area (Å²) in [6.07, 6.45) is 4.89. The van der Waals surface area contributed by atoms with Gasteiger partial charge in [-0.2, -0.15) is 0 Å². The van der Waals surface area contributed by atoms with E-state index in [2.05, 4.69) is 4.98 Å². The zero-order valence-corrected chi connectivity index (χ0v) is 16.4. The molecule has 1 heterocycles. The van der Waals surface area contributed by atoms with Crippen LogP contribution in [0.2, 0.25) is 0 Å². The quantitative estimate of drug-likeness (QED) is 0.444. The van der Waals surface area contributed by atoms with Crippen LogP contribution in [0.25, 0.3) is 12.2 Å². The molecule has 0 aliphatic rings. The summed E-state index contributed by atoms with van der Waals surface area (Å²) in [5, 5.41) is -0.340. The first kappa shape index (κ1) is 20.4. The van der Waals surface area contributed by atoms with Crippen LogP contribution in [-0.2, 0) is 14.6 Å². The van der Waals surface area contributed by atoms with Gasteiger partial charge in [0, 0.05) is 6.20 Å². The van der Waals surface area contributed by atoms with Gasteiger partial charge in [0.1, 0.15) is 5.82 Å². The van der Waals surface area contributed by atoms with Crippen LogP contribution in [0.15, 0.2) is 76.8 Å². The fourth-order valence-corrected chi connectivity index (χ4v) is 3.96. The summed E-state index contributed by atoms with van der Waals surface area (Å²) in [6.45, 7) is 1.77. The van der Waals surface area contributed by atoms with Crippen LogP contribution in [0.3, 0.4) is 0 Å². The summed E-state index contributed by atoms with van der Waals surface area (Å²) in [5.74, 6) is -1.05. The maximum atomic E-state index is 13.0. The molecule has 1 aromatic heterocycles. The van der Waals surface area contributed by atoms with Crippen molar-refractivity contribution in [2.24, 2.45) is 0 Å². The van der Waals surface area contributed by atoms with Crippen molar-refractivity contribution < 1.29 is 22.3 Å². The molecule has 0 unspecified atom stereocenters. The lowest BCUT2D eigenvalue weighted by atomic mass is 10.1. The number of halogens is 1.